The van der Waals surface area contributed by atoms with E-state index in [0.717, 1.165) is 38.5 Å². The molecule has 0 aliphatic carbocycles. The van der Waals surface area contributed by atoms with Crippen molar-refractivity contribution in [3.8, 4) is 0 Å². The molecule has 0 amide bonds. The number of hydrogen-bond donors (Lipinski definition) is 0. The Hall–Kier alpha value is -0.0200. The zero-order chi connectivity index (χ0) is 17.4. The van der Waals surface area contributed by atoms with Crippen molar-refractivity contribution in [3.05, 3.63) is 9.66 Å². The Morgan fingerprint density at radius 3 is 1.73 bits per heavy atom. The number of halogens is 8. The highest BCUT2D eigenvalue weighted by Crippen LogP contribution is 2.48. The second-order valence-electron chi connectivity index (χ2n) is 5.16. The molecule has 0 radical (unpaired) electrons. The summed E-state index contributed by atoms with van der Waals surface area (Å²) < 4.78 is 87.4. The topological polar surface area (TPSA) is 0 Å². The molecule has 22 heavy (non-hydrogen) atoms. The van der Waals surface area contributed by atoms with Gasteiger partial charge in [-0.3, -0.25) is 0 Å². The number of rotatable bonds is 10. The van der Waals surface area contributed by atoms with Gasteiger partial charge in [-0.1, -0.05) is 45.4 Å². The molecule has 0 N–H and O–H groups in total. The van der Waals surface area contributed by atoms with Gasteiger partial charge in [-0.15, -0.1) is 0 Å². The van der Waals surface area contributed by atoms with E-state index in [2.05, 4.69) is 6.92 Å². The van der Waals surface area contributed by atoms with Gasteiger partial charge in [0.05, 0.1) is 0 Å². The van der Waals surface area contributed by atoms with Crippen molar-refractivity contribution in [3.63, 3.8) is 0 Å². The first-order valence-electron chi connectivity index (χ1n) is 7.15. The monoisotopic (exact) mass is 448 g/mol. The van der Waals surface area contributed by atoms with Gasteiger partial charge in [0.25, 0.3) is 0 Å². The maximum absolute atomic E-state index is 13.1. The molecule has 0 rings (SSSR count). The summed E-state index contributed by atoms with van der Waals surface area (Å²) in [6, 6.07) is 0. The van der Waals surface area contributed by atoms with Crippen LogP contribution in [0.4, 0.5) is 30.7 Å². The SMILES string of the molecule is CCCCCCCCCC(I)=CC(F)(F)C(F)(F)C(F)(F)F. The molecule has 132 valence electrons. The minimum Gasteiger partial charge on any atom is -0.195 e. The summed E-state index contributed by atoms with van der Waals surface area (Å²) in [4.78, 5) is 0. The van der Waals surface area contributed by atoms with Crippen LogP contribution in [0.2, 0.25) is 0 Å². The first kappa shape index (κ1) is 22.0. The van der Waals surface area contributed by atoms with Gasteiger partial charge in [0, 0.05) is 6.08 Å². The van der Waals surface area contributed by atoms with Crippen LogP contribution < -0.4 is 0 Å². The van der Waals surface area contributed by atoms with E-state index in [-0.39, 0.29) is 16.1 Å². The van der Waals surface area contributed by atoms with E-state index in [1.165, 1.54) is 22.6 Å². The zero-order valence-electron chi connectivity index (χ0n) is 12.3. The number of unbranched alkanes of at least 4 members (excludes halogenated alkanes) is 6. The van der Waals surface area contributed by atoms with Crippen molar-refractivity contribution < 1.29 is 30.7 Å². The average Bonchev–Trinajstić information content (AvgIpc) is 2.35. The fraction of sp³-hybridized carbons (Fsp3) is 0.857. The third kappa shape index (κ3) is 7.04. The summed E-state index contributed by atoms with van der Waals surface area (Å²) in [5.74, 6) is -11.3. The molecular weight excluding hydrogens is 428 g/mol. The molecule has 0 unspecified atom stereocenters. The lowest BCUT2D eigenvalue weighted by atomic mass is 10.1. The summed E-state index contributed by atoms with van der Waals surface area (Å²) in [6.45, 7) is 2.07. The first-order valence-corrected chi connectivity index (χ1v) is 8.23. The molecule has 8 heteroatoms. The first-order chi connectivity index (χ1) is 9.95. The van der Waals surface area contributed by atoms with Gasteiger partial charge in [-0.05, 0) is 39.0 Å². The lowest BCUT2D eigenvalue weighted by Gasteiger charge is -2.26. The van der Waals surface area contributed by atoms with E-state index in [1.807, 2.05) is 0 Å². The molecule has 0 aromatic rings. The van der Waals surface area contributed by atoms with E-state index >= 15 is 0 Å². The Bertz CT molecular complexity index is 348. The van der Waals surface area contributed by atoms with Crippen molar-refractivity contribution >= 4 is 22.6 Å². The highest BCUT2D eigenvalue weighted by molar-refractivity contribution is 14.1. The summed E-state index contributed by atoms with van der Waals surface area (Å²) >= 11 is 1.39. The molecule has 0 nitrogen and oxygen atoms in total. The summed E-state index contributed by atoms with van der Waals surface area (Å²) in [5, 5.41) is 0. The molecule has 0 aromatic carbocycles. The van der Waals surface area contributed by atoms with E-state index in [4.69, 9.17) is 0 Å². The van der Waals surface area contributed by atoms with Gasteiger partial charge in [-0.25, -0.2) is 0 Å². The summed E-state index contributed by atoms with van der Waals surface area (Å²) in [7, 11) is 0. The minimum absolute atomic E-state index is 0.0812. The van der Waals surface area contributed by atoms with Crippen molar-refractivity contribution in [2.75, 3.05) is 0 Å². The molecule has 0 fully saturated rings. The molecule has 0 aliphatic rings. The number of allylic oxidation sites excluding steroid dienone is 2. The van der Waals surface area contributed by atoms with Crippen molar-refractivity contribution in [1.29, 1.82) is 0 Å². The Balaban J connectivity index is 4.35. The highest BCUT2D eigenvalue weighted by Gasteiger charge is 2.72. The molecule has 0 atom stereocenters. The maximum Gasteiger partial charge on any atom is 0.460 e. The quantitative estimate of drug-likeness (QED) is 0.187. The van der Waals surface area contributed by atoms with Crippen LogP contribution in [-0.4, -0.2) is 18.0 Å². The Morgan fingerprint density at radius 1 is 0.818 bits per heavy atom. The number of hydrogen-bond acceptors (Lipinski definition) is 0. The van der Waals surface area contributed by atoms with Crippen molar-refractivity contribution in [2.24, 2.45) is 0 Å². The second-order valence-corrected chi connectivity index (χ2v) is 6.54. The van der Waals surface area contributed by atoms with Gasteiger partial charge in [0.15, 0.2) is 0 Å². The third-order valence-electron chi connectivity index (χ3n) is 3.13. The number of alkyl halides is 7. The van der Waals surface area contributed by atoms with Crippen LogP contribution in [0.25, 0.3) is 0 Å². The summed E-state index contributed by atoms with van der Waals surface area (Å²) in [5.41, 5.74) is 0. The molecule has 0 saturated heterocycles. The molecule has 0 bridgehead atoms. The van der Waals surface area contributed by atoms with E-state index in [1.54, 1.807) is 0 Å². The Morgan fingerprint density at radius 2 is 1.27 bits per heavy atom. The molecule has 0 aliphatic heterocycles. The highest BCUT2D eigenvalue weighted by atomic mass is 127. The lowest BCUT2D eigenvalue weighted by Crippen LogP contribution is -2.50. The van der Waals surface area contributed by atoms with Crippen LogP contribution >= 0.6 is 22.6 Å². The minimum atomic E-state index is -6.27. The molecule has 0 aromatic heterocycles. The third-order valence-corrected chi connectivity index (χ3v) is 3.98. The van der Waals surface area contributed by atoms with E-state index in [0.29, 0.717) is 6.42 Å². The lowest BCUT2D eigenvalue weighted by molar-refractivity contribution is -0.341. The van der Waals surface area contributed by atoms with Crippen LogP contribution in [0.15, 0.2) is 9.66 Å². The zero-order valence-corrected chi connectivity index (χ0v) is 14.4. The maximum atomic E-state index is 13.1. The van der Waals surface area contributed by atoms with E-state index < -0.39 is 18.0 Å². The average molecular weight is 448 g/mol. The molecule has 0 heterocycles. The second kappa shape index (κ2) is 9.32. The fourth-order valence-electron chi connectivity index (χ4n) is 1.80. The van der Waals surface area contributed by atoms with Crippen LogP contribution in [0.3, 0.4) is 0 Å². The fourth-order valence-corrected chi connectivity index (χ4v) is 2.57. The van der Waals surface area contributed by atoms with Gasteiger partial charge in [-0.2, -0.15) is 30.7 Å². The van der Waals surface area contributed by atoms with Crippen molar-refractivity contribution in [2.45, 2.75) is 76.3 Å². The van der Waals surface area contributed by atoms with Gasteiger partial charge < -0.3 is 0 Å². The van der Waals surface area contributed by atoms with Crippen LogP contribution in [0.1, 0.15) is 58.3 Å². The predicted octanol–water partition coefficient (Wildman–Crippen LogP) is 7.28. The smallest absolute Gasteiger partial charge is 0.195 e. The predicted molar refractivity (Wildman–Crippen MR) is 80.7 cm³/mol. The van der Waals surface area contributed by atoms with Crippen molar-refractivity contribution in [1.82, 2.24) is 0 Å². The molecule has 0 saturated carbocycles. The van der Waals surface area contributed by atoms with Crippen LogP contribution in [-0.2, 0) is 0 Å². The van der Waals surface area contributed by atoms with Gasteiger partial charge in [0.2, 0.25) is 0 Å². The molecular formula is C14H20F7I. The van der Waals surface area contributed by atoms with Crippen LogP contribution in [0.5, 0.6) is 0 Å². The summed E-state index contributed by atoms with van der Waals surface area (Å²) in [6.07, 6.45) is -0.00680. The molecule has 0 spiro atoms. The van der Waals surface area contributed by atoms with Gasteiger partial charge in [0.1, 0.15) is 0 Å². The van der Waals surface area contributed by atoms with E-state index in [9.17, 15) is 30.7 Å². The largest absolute Gasteiger partial charge is 0.460 e. The van der Waals surface area contributed by atoms with Crippen LogP contribution in [0, 0.1) is 0 Å². The standard InChI is InChI=1S/C14H20F7I/c1-2-3-4-5-6-7-8-9-11(22)10-12(15,16)13(17,18)14(19,20)21/h10H,2-9H2,1H3. The van der Waals surface area contributed by atoms with Gasteiger partial charge >= 0.3 is 18.0 Å². The Labute approximate surface area is 139 Å². The normalized spacial score (nSPS) is 14.5. The Kier molecular flexibility index (Phi) is 9.31.